The second kappa shape index (κ2) is 8.12. The Morgan fingerprint density at radius 2 is 1.90 bits per heavy atom. The predicted molar refractivity (Wildman–Crippen MR) is 115 cm³/mol. The summed E-state index contributed by atoms with van der Waals surface area (Å²) in [5.41, 5.74) is 8.35. The number of ether oxygens (including phenoxy) is 1. The average Bonchev–Trinajstić information content (AvgIpc) is 3.13. The number of carbonyl (C=O) groups is 1. The molecule has 4 N–H and O–H groups in total. The zero-order valence-corrected chi connectivity index (χ0v) is 16.3. The van der Waals surface area contributed by atoms with Crippen molar-refractivity contribution in [3.63, 3.8) is 0 Å². The molecule has 1 aromatic heterocycles. The second-order valence-electron chi connectivity index (χ2n) is 6.78. The highest BCUT2D eigenvalue weighted by atomic mass is 16.5. The van der Waals surface area contributed by atoms with Crippen molar-refractivity contribution in [2.24, 2.45) is 10.7 Å². The number of amidine groups is 1. The van der Waals surface area contributed by atoms with E-state index in [9.17, 15) is 4.79 Å². The molecule has 2 aromatic carbocycles. The largest absolute Gasteiger partial charge is 0.456 e. The Morgan fingerprint density at radius 1 is 1.17 bits per heavy atom. The number of amides is 1. The van der Waals surface area contributed by atoms with Crippen LogP contribution in [0, 0.1) is 12.3 Å². The summed E-state index contributed by atoms with van der Waals surface area (Å²) in [5.74, 6) is 0.289. The summed E-state index contributed by atoms with van der Waals surface area (Å²) in [5, 5.41) is 10.9. The van der Waals surface area contributed by atoms with Gasteiger partial charge in [0.1, 0.15) is 5.76 Å². The molecule has 2 heterocycles. The van der Waals surface area contributed by atoms with Gasteiger partial charge in [-0.25, -0.2) is 4.99 Å². The van der Waals surface area contributed by atoms with E-state index in [-0.39, 0.29) is 30.1 Å². The van der Waals surface area contributed by atoms with E-state index in [2.05, 4.69) is 10.3 Å². The van der Waals surface area contributed by atoms with E-state index in [1.165, 1.54) is 0 Å². The van der Waals surface area contributed by atoms with E-state index < -0.39 is 6.04 Å². The van der Waals surface area contributed by atoms with Gasteiger partial charge in [-0.05, 0) is 43.3 Å². The molecule has 0 spiro atoms. The standard InChI is InChI=1S/C22H21N5O3/c1-14-11-12-19(29-14)20(23)30-22(24)26-17-13-27(15-7-3-2-4-8-15)18-10-6-5-9-16(18)25-21(17)28/h2-12,17,23H,13H2,1H3,(H2,24,26)(H,25,28). The average molecular weight is 403 g/mol. The van der Waals surface area contributed by atoms with Crippen molar-refractivity contribution >= 4 is 34.9 Å². The maximum atomic E-state index is 12.8. The molecule has 4 rings (SSSR count). The van der Waals surface area contributed by atoms with Crippen molar-refractivity contribution < 1.29 is 13.9 Å². The number of carbonyl (C=O) groups excluding carboxylic acids is 1. The van der Waals surface area contributed by atoms with Gasteiger partial charge in [-0.1, -0.05) is 30.3 Å². The number of furan rings is 1. The zero-order chi connectivity index (χ0) is 21.1. The maximum Gasteiger partial charge on any atom is 0.289 e. The van der Waals surface area contributed by atoms with Crippen LogP contribution in [0.15, 0.2) is 76.1 Å². The number of para-hydroxylation sites is 3. The third kappa shape index (κ3) is 4.02. The van der Waals surface area contributed by atoms with Crippen molar-refractivity contribution in [2.75, 3.05) is 16.8 Å². The number of nitrogens with one attached hydrogen (secondary N) is 2. The number of nitrogens with two attached hydrogens (primary N) is 1. The Balaban J connectivity index is 1.61. The molecule has 1 unspecified atom stereocenters. The van der Waals surface area contributed by atoms with Gasteiger partial charge < -0.3 is 25.1 Å². The van der Waals surface area contributed by atoms with Gasteiger partial charge in [0.2, 0.25) is 0 Å². The smallest absolute Gasteiger partial charge is 0.289 e. The minimum Gasteiger partial charge on any atom is -0.456 e. The first kappa shape index (κ1) is 19.3. The molecule has 1 amide bonds. The molecule has 3 aromatic rings. The fourth-order valence-electron chi connectivity index (χ4n) is 3.23. The minimum atomic E-state index is -0.844. The van der Waals surface area contributed by atoms with Gasteiger partial charge in [-0.15, -0.1) is 0 Å². The van der Waals surface area contributed by atoms with Crippen LogP contribution in [0.3, 0.4) is 0 Å². The summed E-state index contributed by atoms with van der Waals surface area (Å²) in [4.78, 5) is 19.1. The summed E-state index contributed by atoms with van der Waals surface area (Å²) in [6, 6.07) is 19.5. The van der Waals surface area contributed by atoms with Crippen LogP contribution in [0.4, 0.5) is 17.1 Å². The van der Waals surface area contributed by atoms with Crippen LogP contribution >= 0.6 is 0 Å². The monoisotopic (exact) mass is 403 g/mol. The minimum absolute atomic E-state index is 0.231. The van der Waals surface area contributed by atoms with Gasteiger partial charge in [-0.2, -0.15) is 0 Å². The molecular weight excluding hydrogens is 382 g/mol. The van der Waals surface area contributed by atoms with Crippen LogP contribution in [0.5, 0.6) is 0 Å². The van der Waals surface area contributed by atoms with Crippen molar-refractivity contribution in [2.45, 2.75) is 13.0 Å². The Bertz CT molecular complexity index is 1110. The van der Waals surface area contributed by atoms with E-state index >= 15 is 0 Å². The highest BCUT2D eigenvalue weighted by molar-refractivity contribution is 6.02. The highest BCUT2D eigenvalue weighted by Crippen LogP contribution is 2.34. The number of fused-ring (bicyclic) bond motifs is 1. The topological polar surface area (TPSA) is 117 Å². The quantitative estimate of drug-likeness (QED) is 0.458. The van der Waals surface area contributed by atoms with Crippen LogP contribution in [0.2, 0.25) is 0 Å². The number of hydrogen-bond acceptors (Lipinski definition) is 6. The Kier molecular flexibility index (Phi) is 5.21. The lowest BCUT2D eigenvalue weighted by Gasteiger charge is -2.25. The Hall–Kier alpha value is -4.07. The second-order valence-corrected chi connectivity index (χ2v) is 6.78. The summed E-state index contributed by atoms with van der Waals surface area (Å²) in [6.45, 7) is 2.02. The summed E-state index contributed by atoms with van der Waals surface area (Å²) in [7, 11) is 0. The first-order valence-corrected chi connectivity index (χ1v) is 9.40. The van der Waals surface area contributed by atoms with E-state index in [1.807, 2.05) is 59.5 Å². The summed E-state index contributed by atoms with van der Waals surface area (Å²) in [6.07, 6.45) is 0. The fourth-order valence-corrected chi connectivity index (χ4v) is 3.23. The highest BCUT2D eigenvalue weighted by Gasteiger charge is 2.29. The van der Waals surface area contributed by atoms with Gasteiger partial charge >= 0.3 is 0 Å². The number of aryl methyl sites for hydroxylation is 1. The van der Waals surface area contributed by atoms with Crippen molar-refractivity contribution in [3.05, 3.63) is 78.3 Å². The molecule has 152 valence electrons. The first-order valence-electron chi connectivity index (χ1n) is 9.40. The number of benzene rings is 2. The number of rotatable bonds is 3. The van der Waals surface area contributed by atoms with Crippen LogP contribution in [0.1, 0.15) is 11.5 Å². The van der Waals surface area contributed by atoms with Gasteiger partial charge in [0.05, 0.1) is 17.9 Å². The van der Waals surface area contributed by atoms with E-state index in [0.29, 0.717) is 11.4 Å². The predicted octanol–water partition coefficient (Wildman–Crippen LogP) is 3.40. The number of nitrogens with zero attached hydrogens (tertiary/aromatic N) is 2. The molecule has 8 nitrogen and oxygen atoms in total. The molecule has 0 saturated heterocycles. The molecule has 0 radical (unpaired) electrons. The summed E-state index contributed by atoms with van der Waals surface area (Å²) >= 11 is 0. The van der Waals surface area contributed by atoms with Gasteiger partial charge in [-0.3, -0.25) is 10.2 Å². The van der Waals surface area contributed by atoms with Gasteiger partial charge in [0.25, 0.3) is 17.8 Å². The lowest BCUT2D eigenvalue weighted by atomic mass is 10.2. The molecule has 1 aliphatic rings. The number of aliphatic imine (C=N–C) groups is 1. The maximum absolute atomic E-state index is 12.8. The van der Waals surface area contributed by atoms with Crippen LogP contribution in [-0.4, -0.2) is 30.4 Å². The zero-order valence-electron chi connectivity index (χ0n) is 16.3. The molecule has 1 atom stereocenters. The van der Waals surface area contributed by atoms with Gasteiger partial charge in [0.15, 0.2) is 11.8 Å². The third-order valence-electron chi connectivity index (χ3n) is 4.63. The number of anilines is 3. The molecule has 8 heteroatoms. The van der Waals surface area contributed by atoms with Crippen LogP contribution in [0.25, 0.3) is 0 Å². The molecule has 30 heavy (non-hydrogen) atoms. The summed E-state index contributed by atoms with van der Waals surface area (Å²) < 4.78 is 10.6. The molecule has 0 fully saturated rings. The van der Waals surface area contributed by atoms with E-state index in [0.717, 1.165) is 11.4 Å². The fraction of sp³-hybridized carbons (Fsp3) is 0.136. The Labute approximate surface area is 173 Å². The van der Waals surface area contributed by atoms with Crippen molar-refractivity contribution in [1.82, 2.24) is 0 Å². The first-order chi connectivity index (χ1) is 14.5. The third-order valence-corrected chi connectivity index (χ3v) is 4.63. The Morgan fingerprint density at radius 3 is 2.63 bits per heavy atom. The molecule has 0 aliphatic carbocycles. The molecule has 1 aliphatic heterocycles. The molecule has 0 saturated carbocycles. The molecular formula is C22H21N5O3. The lowest BCUT2D eigenvalue weighted by Crippen LogP contribution is -2.36. The van der Waals surface area contributed by atoms with Crippen LogP contribution < -0.4 is 16.0 Å². The van der Waals surface area contributed by atoms with Crippen molar-refractivity contribution in [1.29, 1.82) is 5.41 Å². The van der Waals surface area contributed by atoms with E-state index in [4.69, 9.17) is 20.3 Å². The van der Waals surface area contributed by atoms with Crippen LogP contribution in [-0.2, 0) is 9.53 Å². The van der Waals surface area contributed by atoms with E-state index in [1.54, 1.807) is 19.1 Å². The lowest BCUT2D eigenvalue weighted by molar-refractivity contribution is -0.117. The SMILES string of the molecule is Cc1ccc(C(=N)OC(N)=NC2CN(c3ccccc3)c3ccccc3NC2=O)o1. The number of hydrogen-bond donors (Lipinski definition) is 3. The van der Waals surface area contributed by atoms with Gasteiger partial charge in [0, 0.05) is 5.69 Å². The molecule has 0 bridgehead atoms. The van der Waals surface area contributed by atoms with Crippen molar-refractivity contribution in [3.8, 4) is 0 Å². The normalized spacial score (nSPS) is 16.4.